The van der Waals surface area contributed by atoms with Crippen LogP contribution in [0.25, 0.3) is 0 Å². The van der Waals surface area contributed by atoms with Gasteiger partial charge in [-0.1, -0.05) is 0 Å². The molecule has 1 aliphatic carbocycles. The van der Waals surface area contributed by atoms with Gasteiger partial charge in [-0.05, 0) is 50.7 Å². The highest BCUT2D eigenvalue weighted by molar-refractivity contribution is 7.73. The van der Waals surface area contributed by atoms with Crippen molar-refractivity contribution in [2.75, 3.05) is 6.61 Å². The highest BCUT2D eigenvalue weighted by Gasteiger charge is 2.36. The summed E-state index contributed by atoms with van der Waals surface area (Å²) in [6.45, 7) is 2.74. The smallest absolute Gasteiger partial charge is 0.225 e. The summed E-state index contributed by atoms with van der Waals surface area (Å²) < 4.78 is 6.53. The van der Waals surface area contributed by atoms with Crippen molar-refractivity contribution < 1.29 is 9.53 Å². The molecule has 1 amide bonds. The maximum Gasteiger partial charge on any atom is 0.225 e. The lowest BCUT2D eigenvalue weighted by Gasteiger charge is -2.30. The third-order valence-electron chi connectivity index (χ3n) is 4.07. The van der Waals surface area contributed by atoms with Crippen LogP contribution < -0.4 is 5.32 Å². The number of hydrogen-bond acceptors (Lipinski definition) is 4. The monoisotopic (exact) mass is 312 g/mol. The molecule has 0 spiro atoms. The van der Waals surface area contributed by atoms with Gasteiger partial charge < -0.3 is 15.0 Å². The van der Waals surface area contributed by atoms with Crippen molar-refractivity contribution in [3.8, 4) is 0 Å². The summed E-state index contributed by atoms with van der Waals surface area (Å²) in [5.74, 6) is 0.839. The van der Waals surface area contributed by atoms with Gasteiger partial charge in [0.25, 0.3) is 0 Å². The maximum atomic E-state index is 12.1. The molecule has 1 saturated heterocycles. The summed E-state index contributed by atoms with van der Waals surface area (Å²) in [6.07, 6.45) is 5.27. The summed E-state index contributed by atoms with van der Waals surface area (Å²) in [5, 5.41) is 3.16. The lowest BCUT2D eigenvalue weighted by molar-refractivity contribution is -0.122. The summed E-state index contributed by atoms with van der Waals surface area (Å²) in [4.78, 5) is 16.3. The van der Waals surface area contributed by atoms with E-state index in [1.165, 1.54) is 24.2 Å². The number of carbonyl (C=O) groups is 1. The molecule has 2 fully saturated rings. The second-order valence-corrected chi connectivity index (χ2v) is 7.55. The Morgan fingerprint density at radius 1 is 1.50 bits per heavy atom. The van der Waals surface area contributed by atoms with Crippen molar-refractivity contribution in [2.45, 2.75) is 51.2 Å². The Hall–Kier alpha value is -0.720. The van der Waals surface area contributed by atoms with E-state index in [1.54, 1.807) is 0 Å². The van der Waals surface area contributed by atoms with Gasteiger partial charge in [0, 0.05) is 23.2 Å². The highest BCUT2D eigenvalue weighted by atomic mass is 32.1. The molecule has 0 aromatic carbocycles. The Kier molecular flexibility index (Phi) is 4.23. The molecule has 6 heteroatoms. The van der Waals surface area contributed by atoms with Crippen LogP contribution in [0.4, 0.5) is 0 Å². The lowest BCUT2D eigenvalue weighted by atomic mass is 10.00. The number of ether oxygens (including phenoxy) is 1. The Morgan fingerprint density at radius 3 is 2.95 bits per heavy atom. The van der Waals surface area contributed by atoms with E-state index in [0.29, 0.717) is 12.5 Å². The molecule has 2 atom stereocenters. The van der Waals surface area contributed by atoms with E-state index < -0.39 is 0 Å². The Morgan fingerprint density at radius 2 is 2.30 bits per heavy atom. The van der Waals surface area contributed by atoms with E-state index in [-0.39, 0.29) is 11.9 Å². The van der Waals surface area contributed by atoms with Crippen molar-refractivity contribution in [1.82, 2.24) is 10.3 Å². The molecule has 4 nitrogen and oxygen atoms in total. The van der Waals surface area contributed by atoms with Crippen LogP contribution >= 0.6 is 23.6 Å². The van der Waals surface area contributed by atoms with Gasteiger partial charge in [0.05, 0.1) is 12.5 Å². The topological polar surface area (TPSA) is 54.1 Å². The number of nitrogens with one attached hydrogen (secondary N) is 2. The number of carbonyl (C=O) groups excluding carboxylic acids is 1. The van der Waals surface area contributed by atoms with E-state index in [4.69, 9.17) is 17.0 Å². The zero-order valence-corrected chi connectivity index (χ0v) is 13.2. The number of hydrogen-bond donors (Lipinski definition) is 2. The van der Waals surface area contributed by atoms with Gasteiger partial charge >= 0.3 is 0 Å². The van der Waals surface area contributed by atoms with Crippen molar-refractivity contribution in [3.63, 3.8) is 0 Å². The predicted octanol–water partition coefficient (Wildman–Crippen LogP) is 2.73. The number of H-pyrrole nitrogens is 1. The number of amides is 1. The number of thiazole rings is 1. The average molecular weight is 312 g/mol. The molecule has 1 aliphatic heterocycles. The SMILES string of the molecule is Cc1[nH]c(=S)sc1CC(=O)NC1CCOC(C2CC2)C1. The molecule has 20 heavy (non-hydrogen) atoms. The minimum atomic E-state index is 0.0970. The molecule has 1 aromatic rings. The second kappa shape index (κ2) is 5.95. The van der Waals surface area contributed by atoms with Crippen molar-refractivity contribution >= 4 is 29.5 Å². The highest BCUT2D eigenvalue weighted by Crippen LogP contribution is 2.38. The van der Waals surface area contributed by atoms with E-state index in [0.717, 1.165) is 39.9 Å². The van der Waals surface area contributed by atoms with E-state index >= 15 is 0 Å². The van der Waals surface area contributed by atoms with Crippen LogP contribution in [0.2, 0.25) is 0 Å². The third-order valence-corrected chi connectivity index (χ3v) is 5.41. The first kappa shape index (κ1) is 14.2. The average Bonchev–Trinajstić information content (AvgIpc) is 3.18. The van der Waals surface area contributed by atoms with Crippen LogP contribution in [0.15, 0.2) is 0 Å². The summed E-state index contributed by atoms with van der Waals surface area (Å²) in [7, 11) is 0. The van der Waals surface area contributed by atoms with Gasteiger partial charge in [0.1, 0.15) is 0 Å². The van der Waals surface area contributed by atoms with Crippen molar-refractivity contribution in [2.24, 2.45) is 5.92 Å². The third kappa shape index (κ3) is 3.48. The van der Waals surface area contributed by atoms with Gasteiger partial charge in [-0.25, -0.2) is 0 Å². The van der Waals surface area contributed by atoms with Crippen LogP contribution in [-0.2, 0) is 16.0 Å². The number of aromatic nitrogens is 1. The fourth-order valence-electron chi connectivity index (χ4n) is 2.79. The first-order valence-electron chi connectivity index (χ1n) is 7.21. The largest absolute Gasteiger partial charge is 0.378 e. The molecular formula is C14H20N2O2S2. The number of rotatable bonds is 4. The van der Waals surface area contributed by atoms with E-state index in [2.05, 4.69) is 10.3 Å². The molecule has 2 N–H and O–H groups in total. The maximum absolute atomic E-state index is 12.1. The van der Waals surface area contributed by atoms with Crippen LogP contribution in [0, 0.1) is 16.8 Å². The zero-order valence-electron chi connectivity index (χ0n) is 11.6. The van der Waals surface area contributed by atoms with Gasteiger partial charge in [-0.15, -0.1) is 11.3 Å². The molecule has 0 radical (unpaired) electrons. The molecule has 3 rings (SSSR count). The molecule has 0 bridgehead atoms. The van der Waals surface area contributed by atoms with E-state index in [1.807, 2.05) is 6.92 Å². The molecule has 2 aliphatic rings. The van der Waals surface area contributed by atoms with Crippen molar-refractivity contribution in [1.29, 1.82) is 0 Å². The van der Waals surface area contributed by atoms with Gasteiger partial charge in [-0.3, -0.25) is 4.79 Å². The van der Waals surface area contributed by atoms with E-state index in [9.17, 15) is 4.79 Å². The molecule has 2 unspecified atom stereocenters. The Bertz CT molecular complexity index is 548. The van der Waals surface area contributed by atoms with Gasteiger partial charge in [0.2, 0.25) is 5.91 Å². The normalized spacial score (nSPS) is 26.4. The van der Waals surface area contributed by atoms with Crippen LogP contribution in [0.3, 0.4) is 0 Å². The van der Waals surface area contributed by atoms with Crippen LogP contribution in [0.5, 0.6) is 0 Å². The van der Waals surface area contributed by atoms with Crippen LogP contribution in [-0.4, -0.2) is 29.6 Å². The minimum absolute atomic E-state index is 0.0970. The lowest BCUT2D eigenvalue weighted by Crippen LogP contribution is -2.43. The second-order valence-electron chi connectivity index (χ2n) is 5.77. The van der Waals surface area contributed by atoms with Crippen LogP contribution in [0.1, 0.15) is 36.3 Å². The predicted molar refractivity (Wildman–Crippen MR) is 81.6 cm³/mol. The fraction of sp³-hybridized carbons (Fsp3) is 0.714. The summed E-state index contributed by atoms with van der Waals surface area (Å²) in [6, 6.07) is 0.272. The molecular weight excluding hydrogens is 292 g/mol. The molecule has 1 saturated carbocycles. The molecule has 110 valence electrons. The first-order chi connectivity index (χ1) is 9.61. The Labute approximate surface area is 127 Å². The number of aryl methyl sites for hydroxylation is 1. The van der Waals surface area contributed by atoms with Gasteiger partial charge in [-0.2, -0.15) is 0 Å². The first-order valence-corrected chi connectivity index (χ1v) is 8.44. The fourth-order valence-corrected chi connectivity index (χ4v) is 4.08. The Balaban J connectivity index is 1.53. The standard InChI is InChI=1S/C14H20N2O2S2/c1-8-12(20-14(19)15-8)7-13(17)16-10-4-5-18-11(6-10)9-2-3-9/h9-11H,2-7H2,1H3,(H,15,19)(H,16,17). The quantitative estimate of drug-likeness (QED) is 0.841. The number of aromatic amines is 1. The van der Waals surface area contributed by atoms with Crippen molar-refractivity contribution in [3.05, 3.63) is 14.5 Å². The molecule has 1 aromatic heterocycles. The minimum Gasteiger partial charge on any atom is -0.378 e. The molecule has 2 heterocycles. The summed E-state index contributed by atoms with van der Waals surface area (Å²) in [5.41, 5.74) is 1.01. The summed E-state index contributed by atoms with van der Waals surface area (Å²) >= 11 is 6.59. The zero-order chi connectivity index (χ0) is 14.1. The van der Waals surface area contributed by atoms with Gasteiger partial charge in [0.15, 0.2) is 3.95 Å².